The van der Waals surface area contributed by atoms with E-state index in [9.17, 15) is 0 Å². The van der Waals surface area contributed by atoms with E-state index in [1.54, 1.807) is 0 Å². The van der Waals surface area contributed by atoms with Crippen molar-refractivity contribution in [3.63, 3.8) is 0 Å². The van der Waals surface area contributed by atoms with E-state index in [1.807, 2.05) is 36.4 Å². The van der Waals surface area contributed by atoms with Crippen molar-refractivity contribution < 1.29 is 4.74 Å². The Kier molecular flexibility index (Phi) is 5.13. The summed E-state index contributed by atoms with van der Waals surface area (Å²) in [5, 5.41) is 0. The fourth-order valence-corrected chi connectivity index (χ4v) is 3.19. The zero-order valence-electron chi connectivity index (χ0n) is 9.09. The Hall–Kier alpha value is -0.0300. The molecule has 0 saturated carbocycles. The van der Waals surface area contributed by atoms with E-state index in [1.165, 1.54) is 0 Å². The van der Waals surface area contributed by atoms with E-state index in [-0.39, 0.29) is 0 Å². The highest BCUT2D eigenvalue weighted by atomic mass is 79.9. The highest BCUT2D eigenvalue weighted by molar-refractivity contribution is 9.11. The zero-order valence-corrected chi connectivity index (χ0v) is 14.6. The van der Waals surface area contributed by atoms with Crippen LogP contribution < -0.4 is 4.74 Å². The quantitative estimate of drug-likeness (QED) is 0.480. The minimum absolute atomic E-state index is 0.487. The molecule has 2 rings (SSSR count). The van der Waals surface area contributed by atoms with Gasteiger partial charge in [0.2, 0.25) is 0 Å². The molecular formula is C13H8Br3ClO. The monoisotopic (exact) mass is 452 g/mol. The average molecular weight is 455 g/mol. The Balaban J connectivity index is 2.28. The van der Waals surface area contributed by atoms with Gasteiger partial charge in [0.1, 0.15) is 11.5 Å². The predicted octanol–water partition coefficient (Wildman–Crippen LogP) is 6.51. The number of hydrogen-bond donors (Lipinski definition) is 0. The lowest BCUT2D eigenvalue weighted by Crippen LogP contribution is -1.88. The third kappa shape index (κ3) is 3.50. The zero-order chi connectivity index (χ0) is 13.1. The minimum atomic E-state index is 0.487. The van der Waals surface area contributed by atoms with E-state index in [0.717, 1.165) is 30.5 Å². The van der Waals surface area contributed by atoms with Crippen LogP contribution in [0.4, 0.5) is 0 Å². The molecule has 0 radical (unpaired) electrons. The maximum absolute atomic E-state index is 5.84. The molecule has 94 valence electrons. The van der Waals surface area contributed by atoms with Crippen molar-refractivity contribution in [2.45, 2.75) is 5.88 Å². The summed E-state index contributed by atoms with van der Waals surface area (Å²) in [6.07, 6.45) is 0. The molecule has 0 aliphatic carbocycles. The summed E-state index contributed by atoms with van der Waals surface area (Å²) in [6.45, 7) is 0. The lowest BCUT2D eigenvalue weighted by atomic mass is 10.2. The Morgan fingerprint density at radius 2 is 1.50 bits per heavy atom. The normalized spacial score (nSPS) is 10.4. The molecule has 0 bridgehead atoms. The fourth-order valence-electron chi connectivity index (χ4n) is 1.39. The molecule has 0 unspecified atom stereocenters. The molecule has 0 N–H and O–H groups in total. The molecule has 0 heterocycles. The third-order valence-electron chi connectivity index (χ3n) is 2.26. The Labute approximate surface area is 136 Å². The minimum Gasteiger partial charge on any atom is -0.455 e. The number of rotatable bonds is 3. The molecule has 0 aliphatic rings. The van der Waals surface area contributed by atoms with Crippen LogP contribution in [0.15, 0.2) is 49.8 Å². The van der Waals surface area contributed by atoms with Crippen molar-refractivity contribution in [2.24, 2.45) is 0 Å². The molecule has 0 aliphatic heterocycles. The number of halogens is 4. The van der Waals surface area contributed by atoms with Crippen LogP contribution in [0.5, 0.6) is 11.5 Å². The number of ether oxygens (including phenoxy) is 1. The molecule has 18 heavy (non-hydrogen) atoms. The van der Waals surface area contributed by atoms with Gasteiger partial charge in [0, 0.05) is 10.4 Å². The Morgan fingerprint density at radius 3 is 2.06 bits per heavy atom. The van der Waals surface area contributed by atoms with Gasteiger partial charge >= 0.3 is 0 Å². The van der Waals surface area contributed by atoms with Crippen LogP contribution in [0.1, 0.15) is 5.56 Å². The maximum atomic E-state index is 5.84. The lowest BCUT2D eigenvalue weighted by Gasteiger charge is -2.10. The molecule has 5 heteroatoms. The van der Waals surface area contributed by atoms with Crippen molar-refractivity contribution in [3.8, 4) is 11.5 Å². The first-order valence-electron chi connectivity index (χ1n) is 5.07. The molecule has 0 fully saturated rings. The standard InChI is InChI=1S/C13H8Br3ClO/c14-9-2-4-13(11(16)6-9)18-12-3-1-8(7-17)5-10(12)15/h1-6H,7H2. The molecule has 1 nitrogen and oxygen atoms in total. The molecule has 0 aromatic heterocycles. The van der Waals surface area contributed by atoms with E-state index in [2.05, 4.69) is 47.8 Å². The van der Waals surface area contributed by atoms with Crippen molar-refractivity contribution >= 4 is 59.4 Å². The molecule has 2 aromatic rings. The summed E-state index contributed by atoms with van der Waals surface area (Å²) >= 11 is 16.1. The molecule has 0 spiro atoms. The van der Waals surface area contributed by atoms with E-state index in [0.29, 0.717) is 5.88 Å². The third-order valence-corrected chi connectivity index (χ3v) is 4.31. The van der Waals surface area contributed by atoms with E-state index in [4.69, 9.17) is 16.3 Å². The average Bonchev–Trinajstić information content (AvgIpc) is 2.34. The van der Waals surface area contributed by atoms with Crippen molar-refractivity contribution in [3.05, 3.63) is 55.4 Å². The van der Waals surface area contributed by atoms with Crippen LogP contribution in [0.2, 0.25) is 0 Å². The van der Waals surface area contributed by atoms with Crippen LogP contribution in [0.25, 0.3) is 0 Å². The van der Waals surface area contributed by atoms with Crippen LogP contribution >= 0.6 is 59.4 Å². The van der Waals surface area contributed by atoms with Crippen molar-refractivity contribution in [1.29, 1.82) is 0 Å². The smallest absolute Gasteiger partial charge is 0.141 e. The second-order valence-electron chi connectivity index (χ2n) is 3.58. The highest BCUT2D eigenvalue weighted by Gasteiger charge is 2.07. The number of hydrogen-bond acceptors (Lipinski definition) is 1. The number of benzene rings is 2. The molecular weight excluding hydrogens is 447 g/mol. The topological polar surface area (TPSA) is 9.23 Å². The lowest BCUT2D eigenvalue weighted by molar-refractivity contribution is 0.476. The van der Waals surface area contributed by atoms with Gasteiger partial charge in [-0.2, -0.15) is 0 Å². The van der Waals surface area contributed by atoms with Crippen LogP contribution in [-0.2, 0) is 5.88 Å². The summed E-state index contributed by atoms with van der Waals surface area (Å²) in [5.41, 5.74) is 1.05. The largest absolute Gasteiger partial charge is 0.455 e. The Bertz CT molecular complexity index is 572. The van der Waals surface area contributed by atoms with Crippen LogP contribution in [0, 0.1) is 0 Å². The van der Waals surface area contributed by atoms with Crippen molar-refractivity contribution in [2.75, 3.05) is 0 Å². The van der Waals surface area contributed by atoms with Crippen LogP contribution in [-0.4, -0.2) is 0 Å². The van der Waals surface area contributed by atoms with Crippen molar-refractivity contribution in [1.82, 2.24) is 0 Å². The predicted molar refractivity (Wildman–Crippen MR) is 85.6 cm³/mol. The second kappa shape index (κ2) is 6.42. The summed E-state index contributed by atoms with van der Waals surface area (Å²) in [6, 6.07) is 11.6. The van der Waals surface area contributed by atoms with Gasteiger partial charge in [-0.1, -0.05) is 22.0 Å². The maximum Gasteiger partial charge on any atom is 0.141 e. The van der Waals surface area contributed by atoms with Gasteiger partial charge in [0.25, 0.3) is 0 Å². The van der Waals surface area contributed by atoms with Gasteiger partial charge in [-0.25, -0.2) is 0 Å². The van der Waals surface area contributed by atoms with Gasteiger partial charge in [-0.3, -0.25) is 0 Å². The molecule has 0 atom stereocenters. The Morgan fingerprint density at radius 1 is 0.889 bits per heavy atom. The molecule has 2 aromatic carbocycles. The summed E-state index contributed by atoms with van der Waals surface area (Å²) in [7, 11) is 0. The molecule has 0 amide bonds. The van der Waals surface area contributed by atoms with Gasteiger partial charge in [-0.15, -0.1) is 11.6 Å². The fraction of sp³-hybridized carbons (Fsp3) is 0.0769. The van der Waals surface area contributed by atoms with Gasteiger partial charge < -0.3 is 4.74 Å². The second-order valence-corrected chi connectivity index (χ2v) is 6.47. The van der Waals surface area contributed by atoms with Crippen LogP contribution in [0.3, 0.4) is 0 Å². The van der Waals surface area contributed by atoms with Gasteiger partial charge in [0.15, 0.2) is 0 Å². The summed E-state index contributed by atoms with van der Waals surface area (Å²) < 4.78 is 8.61. The number of alkyl halides is 1. The first kappa shape index (κ1) is 14.4. The highest BCUT2D eigenvalue weighted by Crippen LogP contribution is 2.35. The first-order valence-corrected chi connectivity index (χ1v) is 7.99. The molecule has 0 saturated heterocycles. The summed E-state index contributed by atoms with van der Waals surface area (Å²) in [5.74, 6) is 2.00. The van der Waals surface area contributed by atoms with E-state index >= 15 is 0 Å². The van der Waals surface area contributed by atoms with Gasteiger partial charge in [0.05, 0.1) is 8.95 Å². The SMILES string of the molecule is ClCc1ccc(Oc2ccc(Br)cc2Br)c(Br)c1. The van der Waals surface area contributed by atoms with E-state index < -0.39 is 0 Å². The summed E-state index contributed by atoms with van der Waals surface area (Å²) in [4.78, 5) is 0. The van der Waals surface area contributed by atoms with Gasteiger partial charge in [-0.05, 0) is 67.8 Å². The first-order chi connectivity index (χ1) is 8.60.